The van der Waals surface area contributed by atoms with E-state index in [1.54, 1.807) is 0 Å². The number of anilines is 2. The topological polar surface area (TPSA) is 71.1 Å². The quantitative estimate of drug-likeness (QED) is 0.536. The Morgan fingerprint density at radius 2 is 1.89 bits per heavy atom. The smallest absolute Gasteiger partial charge is 0.257 e. The number of thiazole rings is 1. The Labute approximate surface area is 165 Å². The second-order valence-electron chi connectivity index (χ2n) is 6.65. The van der Waals surface area contributed by atoms with Gasteiger partial charge in [-0.05, 0) is 40.6 Å². The molecule has 0 saturated carbocycles. The van der Waals surface area contributed by atoms with Crippen LogP contribution in [0.5, 0.6) is 0 Å². The number of fused-ring (bicyclic) bond motifs is 2. The molecule has 1 aliphatic rings. The number of carbonyl (C=O) groups is 2. The number of nitrogens with zero attached hydrogens (tertiary/aromatic N) is 1. The highest BCUT2D eigenvalue weighted by molar-refractivity contribution is 7.14. The fourth-order valence-electron chi connectivity index (χ4n) is 3.35. The van der Waals surface area contributed by atoms with Crippen molar-refractivity contribution in [3.63, 3.8) is 0 Å². The molecule has 136 valence electrons. The number of rotatable bonds is 3. The molecule has 0 radical (unpaired) electrons. The molecule has 2 N–H and O–H groups in total. The Morgan fingerprint density at radius 1 is 1.04 bits per heavy atom. The van der Waals surface area contributed by atoms with E-state index >= 15 is 0 Å². The summed E-state index contributed by atoms with van der Waals surface area (Å²) >= 11 is 1.38. The number of aromatic nitrogens is 1. The van der Waals surface area contributed by atoms with Gasteiger partial charge in [-0.2, -0.15) is 0 Å². The van der Waals surface area contributed by atoms with E-state index in [1.807, 2.05) is 66.0 Å². The molecule has 4 aromatic rings. The summed E-state index contributed by atoms with van der Waals surface area (Å²) in [7, 11) is 0. The summed E-state index contributed by atoms with van der Waals surface area (Å²) in [5.74, 6) is -0.177. The van der Waals surface area contributed by atoms with Gasteiger partial charge < -0.3 is 5.32 Å². The van der Waals surface area contributed by atoms with Crippen LogP contribution in [0, 0.1) is 0 Å². The molecule has 3 aromatic carbocycles. The molecule has 0 spiro atoms. The van der Waals surface area contributed by atoms with Crippen molar-refractivity contribution in [2.75, 3.05) is 10.6 Å². The zero-order valence-corrected chi connectivity index (χ0v) is 15.5. The Bertz CT molecular complexity index is 1250. The van der Waals surface area contributed by atoms with Crippen molar-refractivity contribution < 1.29 is 9.59 Å². The van der Waals surface area contributed by atoms with Crippen LogP contribution >= 0.6 is 11.3 Å². The monoisotopic (exact) mass is 385 g/mol. The van der Waals surface area contributed by atoms with Gasteiger partial charge in [0.25, 0.3) is 5.91 Å². The van der Waals surface area contributed by atoms with Crippen molar-refractivity contribution in [1.29, 1.82) is 0 Å². The van der Waals surface area contributed by atoms with Crippen molar-refractivity contribution in [1.82, 2.24) is 4.98 Å². The van der Waals surface area contributed by atoms with Crippen LogP contribution in [0.25, 0.3) is 22.0 Å². The Kier molecular flexibility index (Phi) is 3.91. The van der Waals surface area contributed by atoms with Crippen LogP contribution in [-0.2, 0) is 11.2 Å². The predicted molar refractivity (Wildman–Crippen MR) is 112 cm³/mol. The van der Waals surface area contributed by atoms with Crippen LogP contribution in [-0.4, -0.2) is 16.8 Å². The van der Waals surface area contributed by atoms with E-state index in [-0.39, 0.29) is 11.8 Å². The second kappa shape index (κ2) is 6.58. The molecule has 5 rings (SSSR count). The van der Waals surface area contributed by atoms with Gasteiger partial charge in [0, 0.05) is 22.2 Å². The van der Waals surface area contributed by atoms with E-state index in [4.69, 9.17) is 0 Å². The van der Waals surface area contributed by atoms with Crippen LogP contribution in [0.15, 0.2) is 66.0 Å². The van der Waals surface area contributed by atoms with Gasteiger partial charge in [-0.15, -0.1) is 11.3 Å². The van der Waals surface area contributed by atoms with Gasteiger partial charge in [0.05, 0.1) is 12.1 Å². The van der Waals surface area contributed by atoms with Crippen LogP contribution in [0.1, 0.15) is 15.9 Å². The highest BCUT2D eigenvalue weighted by atomic mass is 32.1. The molecule has 0 saturated heterocycles. The normalized spacial score (nSPS) is 12.6. The van der Waals surface area contributed by atoms with Gasteiger partial charge in [-0.25, -0.2) is 4.98 Å². The van der Waals surface area contributed by atoms with Crippen LogP contribution in [0.3, 0.4) is 0 Å². The van der Waals surface area contributed by atoms with Crippen LogP contribution in [0.4, 0.5) is 10.8 Å². The number of hydrogen-bond donors (Lipinski definition) is 2. The fraction of sp³-hybridized carbons (Fsp3) is 0.0455. The van der Waals surface area contributed by atoms with E-state index < -0.39 is 0 Å². The lowest BCUT2D eigenvalue weighted by molar-refractivity contribution is -0.115. The lowest BCUT2D eigenvalue weighted by atomic mass is 10.1. The molecule has 0 aliphatic carbocycles. The molecule has 28 heavy (non-hydrogen) atoms. The lowest BCUT2D eigenvalue weighted by Crippen LogP contribution is -2.11. The number of amides is 2. The van der Waals surface area contributed by atoms with Gasteiger partial charge in [-0.1, -0.05) is 36.4 Å². The van der Waals surface area contributed by atoms with Gasteiger partial charge in [-0.3, -0.25) is 14.9 Å². The molecule has 0 fully saturated rings. The minimum Gasteiger partial charge on any atom is -0.326 e. The summed E-state index contributed by atoms with van der Waals surface area (Å²) in [4.78, 5) is 28.7. The summed E-state index contributed by atoms with van der Waals surface area (Å²) in [6.07, 6.45) is 0.388. The Hall–Kier alpha value is -3.51. The van der Waals surface area contributed by atoms with Crippen LogP contribution in [0.2, 0.25) is 0 Å². The highest BCUT2D eigenvalue weighted by Crippen LogP contribution is 2.31. The molecule has 0 atom stereocenters. The van der Waals surface area contributed by atoms with E-state index in [9.17, 15) is 9.59 Å². The predicted octanol–water partition coefficient (Wildman–Crippen LogP) is 4.71. The zero-order valence-electron chi connectivity index (χ0n) is 14.7. The second-order valence-corrected chi connectivity index (χ2v) is 7.51. The highest BCUT2D eigenvalue weighted by Gasteiger charge is 2.18. The summed E-state index contributed by atoms with van der Waals surface area (Å²) in [5.41, 5.74) is 4.13. The molecule has 6 heteroatoms. The summed E-state index contributed by atoms with van der Waals surface area (Å²) in [6.45, 7) is 0. The first-order chi connectivity index (χ1) is 13.7. The van der Waals surface area contributed by atoms with E-state index in [0.29, 0.717) is 17.1 Å². The lowest BCUT2D eigenvalue weighted by Gasteiger charge is -2.04. The minimum atomic E-state index is -0.185. The van der Waals surface area contributed by atoms with Gasteiger partial charge in [0.1, 0.15) is 0 Å². The molecule has 1 aromatic heterocycles. The average Bonchev–Trinajstić information content (AvgIpc) is 3.32. The van der Waals surface area contributed by atoms with E-state index in [0.717, 1.165) is 33.3 Å². The van der Waals surface area contributed by atoms with E-state index in [1.165, 1.54) is 11.3 Å². The molecule has 0 unspecified atom stereocenters. The molecule has 2 amide bonds. The number of benzene rings is 3. The zero-order chi connectivity index (χ0) is 19.1. The summed E-state index contributed by atoms with van der Waals surface area (Å²) in [5, 5.41) is 10.3. The Morgan fingerprint density at radius 3 is 2.79 bits per heavy atom. The maximum atomic E-state index is 12.6. The largest absolute Gasteiger partial charge is 0.326 e. The van der Waals surface area contributed by atoms with Crippen molar-refractivity contribution in [2.24, 2.45) is 0 Å². The first-order valence-corrected chi connectivity index (χ1v) is 9.72. The maximum absolute atomic E-state index is 12.6. The molecular weight excluding hydrogens is 370 g/mol. The maximum Gasteiger partial charge on any atom is 0.257 e. The first-order valence-electron chi connectivity index (χ1n) is 8.84. The third kappa shape index (κ3) is 3.04. The van der Waals surface area contributed by atoms with Crippen LogP contribution < -0.4 is 10.6 Å². The molecule has 1 aliphatic heterocycles. The van der Waals surface area contributed by atoms with Crippen molar-refractivity contribution in [3.05, 3.63) is 77.2 Å². The van der Waals surface area contributed by atoms with Crippen molar-refractivity contribution in [3.8, 4) is 11.3 Å². The third-order valence-corrected chi connectivity index (χ3v) is 5.52. The molecule has 5 nitrogen and oxygen atoms in total. The minimum absolute atomic E-state index is 0.00812. The summed E-state index contributed by atoms with van der Waals surface area (Å²) in [6, 6.07) is 19.4. The number of hydrogen-bond acceptors (Lipinski definition) is 4. The first kappa shape index (κ1) is 16.6. The van der Waals surface area contributed by atoms with Gasteiger partial charge in [0.15, 0.2) is 5.13 Å². The van der Waals surface area contributed by atoms with Gasteiger partial charge in [0.2, 0.25) is 5.91 Å². The Balaban J connectivity index is 1.37. The fourth-order valence-corrected chi connectivity index (χ4v) is 4.07. The third-order valence-electron chi connectivity index (χ3n) is 4.76. The SMILES string of the molecule is O=C1Cc2cc(-c3csc(NC(=O)c4ccc5ccccc5c4)n3)ccc2N1. The van der Waals surface area contributed by atoms with Gasteiger partial charge >= 0.3 is 0 Å². The average molecular weight is 385 g/mol. The molecule has 2 heterocycles. The van der Waals surface area contributed by atoms with E-state index in [2.05, 4.69) is 15.6 Å². The standard InChI is InChI=1S/C22H15N3O2S/c26-20-11-17-10-15(7-8-18(17)23-20)19-12-28-22(24-19)25-21(27)16-6-5-13-3-1-2-4-14(13)9-16/h1-10,12H,11H2,(H,23,26)(H,24,25,27). The molecule has 0 bridgehead atoms. The summed E-state index contributed by atoms with van der Waals surface area (Å²) < 4.78 is 0. The van der Waals surface area contributed by atoms with Crippen molar-refractivity contribution >= 4 is 44.7 Å². The number of carbonyl (C=O) groups excluding carboxylic acids is 2. The number of nitrogens with one attached hydrogen (secondary N) is 2. The van der Waals surface area contributed by atoms with Crippen molar-refractivity contribution in [2.45, 2.75) is 6.42 Å². The molecular formula is C22H15N3O2S.